The van der Waals surface area contributed by atoms with Crippen molar-refractivity contribution < 1.29 is 0 Å². The first kappa shape index (κ1) is 15.8. The van der Waals surface area contributed by atoms with Crippen LogP contribution < -0.4 is 11.2 Å². The monoisotopic (exact) mass is 320 g/mol. The van der Waals surface area contributed by atoms with Crippen molar-refractivity contribution >= 4 is 17.4 Å². The molecule has 3 N–H and O–H groups in total. The summed E-state index contributed by atoms with van der Waals surface area (Å²) >= 11 is 6.32. The average molecular weight is 321 g/mol. The van der Waals surface area contributed by atoms with Gasteiger partial charge in [-0.1, -0.05) is 31.5 Å². The third-order valence-corrected chi connectivity index (χ3v) is 5.23. The number of hydrazine groups is 1. The van der Waals surface area contributed by atoms with E-state index in [1.807, 2.05) is 18.2 Å². The van der Waals surface area contributed by atoms with E-state index >= 15 is 0 Å². The van der Waals surface area contributed by atoms with Crippen LogP contribution in [0.25, 0.3) is 0 Å². The van der Waals surface area contributed by atoms with Crippen molar-refractivity contribution in [1.29, 1.82) is 0 Å². The highest BCUT2D eigenvalue weighted by Gasteiger charge is 2.32. The van der Waals surface area contributed by atoms with Crippen LogP contribution in [-0.4, -0.2) is 23.6 Å². The highest BCUT2D eigenvalue weighted by atomic mass is 35.5. The molecule has 1 aliphatic heterocycles. The van der Waals surface area contributed by atoms with E-state index in [1.54, 1.807) is 0 Å². The molecular weight excluding hydrogens is 296 g/mol. The van der Waals surface area contributed by atoms with Gasteiger partial charge >= 0.3 is 0 Å². The Morgan fingerprint density at radius 2 is 2.09 bits per heavy atom. The Balaban J connectivity index is 1.67. The Hall–Kier alpha value is -1.10. The normalized spacial score (nSPS) is 22.5. The third kappa shape index (κ3) is 3.29. The minimum absolute atomic E-state index is 0.485. The number of benzene rings is 1. The molecule has 0 radical (unpaired) electrons. The van der Waals surface area contributed by atoms with E-state index in [4.69, 9.17) is 17.3 Å². The lowest BCUT2D eigenvalue weighted by Gasteiger charge is -2.38. The number of hydrogen-bond acceptors (Lipinski definition) is 4. The molecule has 1 aromatic rings. The molecule has 3 rings (SSSR count). The first-order valence-electron chi connectivity index (χ1n) is 8.05. The Kier molecular flexibility index (Phi) is 4.44. The highest BCUT2D eigenvalue weighted by molar-refractivity contribution is 6.34. The van der Waals surface area contributed by atoms with Gasteiger partial charge in [0.25, 0.3) is 0 Å². The van der Waals surface area contributed by atoms with Crippen LogP contribution in [0.5, 0.6) is 0 Å². The van der Waals surface area contributed by atoms with Gasteiger partial charge in [0.15, 0.2) is 0 Å². The van der Waals surface area contributed by atoms with E-state index in [9.17, 15) is 0 Å². The molecule has 0 aromatic heterocycles. The summed E-state index contributed by atoms with van der Waals surface area (Å²) in [5, 5.41) is 2.98. The molecule has 2 aliphatic rings. The molecule has 0 saturated heterocycles. The molecule has 5 heteroatoms. The topological polar surface area (TPSA) is 53.6 Å². The Morgan fingerprint density at radius 3 is 2.77 bits per heavy atom. The van der Waals surface area contributed by atoms with Crippen molar-refractivity contribution in [3.63, 3.8) is 0 Å². The van der Waals surface area contributed by atoms with Crippen LogP contribution in [0.3, 0.4) is 0 Å². The lowest BCUT2D eigenvalue weighted by molar-refractivity contribution is 0.0980. The molecule has 0 bridgehead atoms. The van der Waals surface area contributed by atoms with Crippen LogP contribution >= 0.6 is 11.6 Å². The fraction of sp³-hybridized carbons (Fsp3) is 0.588. The van der Waals surface area contributed by atoms with Crippen molar-refractivity contribution in [2.75, 3.05) is 6.67 Å². The van der Waals surface area contributed by atoms with Crippen LogP contribution in [0.4, 0.5) is 0 Å². The van der Waals surface area contributed by atoms with E-state index in [-0.39, 0.29) is 0 Å². The van der Waals surface area contributed by atoms with Gasteiger partial charge in [-0.25, -0.2) is 4.99 Å². The van der Waals surface area contributed by atoms with Gasteiger partial charge in [0, 0.05) is 18.2 Å². The maximum atomic E-state index is 6.32. The lowest BCUT2D eigenvalue weighted by atomic mass is 9.75. The number of aliphatic imine (C=N–C) groups is 1. The molecule has 1 fully saturated rings. The van der Waals surface area contributed by atoms with E-state index in [0.717, 1.165) is 22.0 Å². The Bertz CT molecular complexity index is 572. The fourth-order valence-corrected chi connectivity index (χ4v) is 3.49. The van der Waals surface area contributed by atoms with Gasteiger partial charge in [0.05, 0.1) is 5.02 Å². The van der Waals surface area contributed by atoms with Crippen molar-refractivity contribution in [3.8, 4) is 0 Å². The first-order chi connectivity index (χ1) is 10.5. The minimum Gasteiger partial charge on any atom is -0.326 e. The molecule has 0 atom stereocenters. The standard InChI is InChI=1S/C17H25ClN4/c1-17(2)7-5-13(6-8-17)22-11-20-16(21-22)14-9-12(10-19)3-4-15(14)18/h3-4,9,13H,5-8,10-11,19H2,1-2H3,(H,20,21). The molecule has 0 spiro atoms. The summed E-state index contributed by atoms with van der Waals surface area (Å²) in [5.41, 5.74) is 11.7. The maximum absolute atomic E-state index is 6.32. The number of nitrogens with zero attached hydrogens (tertiary/aromatic N) is 2. The van der Waals surface area contributed by atoms with Crippen LogP contribution in [0.2, 0.25) is 5.02 Å². The number of nitrogens with one attached hydrogen (secondary N) is 1. The van der Waals surface area contributed by atoms with Crippen molar-refractivity contribution in [3.05, 3.63) is 34.3 Å². The molecule has 120 valence electrons. The van der Waals surface area contributed by atoms with Crippen LogP contribution in [0, 0.1) is 5.41 Å². The number of hydrogen-bond donors (Lipinski definition) is 2. The SMILES string of the molecule is CC1(C)CCC(N2CN=C(c3cc(CN)ccc3Cl)N2)CC1. The zero-order chi connectivity index (χ0) is 15.7. The summed E-state index contributed by atoms with van der Waals surface area (Å²) in [5.74, 6) is 0.866. The van der Waals surface area contributed by atoms with Gasteiger partial charge in [-0.2, -0.15) is 5.01 Å². The Morgan fingerprint density at radius 1 is 1.36 bits per heavy atom. The van der Waals surface area contributed by atoms with E-state index < -0.39 is 0 Å². The van der Waals surface area contributed by atoms with Gasteiger partial charge < -0.3 is 11.2 Å². The lowest BCUT2D eigenvalue weighted by Crippen LogP contribution is -2.46. The van der Waals surface area contributed by atoms with Gasteiger partial charge in [-0.15, -0.1) is 0 Å². The Labute approximate surface area is 137 Å². The molecule has 22 heavy (non-hydrogen) atoms. The summed E-state index contributed by atoms with van der Waals surface area (Å²) < 4.78 is 0. The second-order valence-corrected chi connectivity index (χ2v) is 7.55. The quantitative estimate of drug-likeness (QED) is 0.898. The summed E-state index contributed by atoms with van der Waals surface area (Å²) in [7, 11) is 0. The van der Waals surface area contributed by atoms with Crippen LogP contribution in [0.15, 0.2) is 23.2 Å². The van der Waals surface area contributed by atoms with Gasteiger partial charge in [0.2, 0.25) is 0 Å². The fourth-order valence-electron chi connectivity index (χ4n) is 3.28. The molecule has 0 unspecified atom stereocenters. The molecule has 0 amide bonds. The smallest absolute Gasteiger partial charge is 0.145 e. The zero-order valence-corrected chi connectivity index (χ0v) is 14.2. The van der Waals surface area contributed by atoms with E-state index in [2.05, 4.69) is 29.3 Å². The number of halogens is 1. The second kappa shape index (κ2) is 6.19. The summed E-state index contributed by atoms with van der Waals surface area (Å²) in [6, 6.07) is 6.45. The number of rotatable bonds is 3. The summed E-state index contributed by atoms with van der Waals surface area (Å²) in [4.78, 5) is 4.64. The largest absolute Gasteiger partial charge is 0.326 e. The molecule has 1 aliphatic carbocycles. The average Bonchev–Trinajstić information content (AvgIpc) is 2.97. The highest BCUT2D eigenvalue weighted by Crippen LogP contribution is 2.37. The summed E-state index contributed by atoms with van der Waals surface area (Å²) in [6.45, 7) is 5.93. The van der Waals surface area contributed by atoms with Gasteiger partial charge in [-0.05, 0) is 48.8 Å². The number of nitrogens with two attached hydrogens (primary N) is 1. The number of amidine groups is 1. The predicted octanol–water partition coefficient (Wildman–Crippen LogP) is 3.29. The first-order valence-corrected chi connectivity index (χ1v) is 8.43. The van der Waals surface area contributed by atoms with E-state index in [0.29, 0.717) is 24.7 Å². The molecular formula is C17H25ClN4. The van der Waals surface area contributed by atoms with E-state index in [1.165, 1.54) is 25.7 Å². The third-order valence-electron chi connectivity index (χ3n) is 4.90. The predicted molar refractivity (Wildman–Crippen MR) is 91.8 cm³/mol. The van der Waals surface area contributed by atoms with Crippen molar-refractivity contribution in [2.24, 2.45) is 16.1 Å². The molecule has 4 nitrogen and oxygen atoms in total. The van der Waals surface area contributed by atoms with Crippen LogP contribution in [-0.2, 0) is 6.54 Å². The van der Waals surface area contributed by atoms with Crippen molar-refractivity contribution in [1.82, 2.24) is 10.4 Å². The minimum atomic E-state index is 0.485. The maximum Gasteiger partial charge on any atom is 0.145 e. The second-order valence-electron chi connectivity index (χ2n) is 7.14. The van der Waals surface area contributed by atoms with Gasteiger partial charge in [-0.3, -0.25) is 0 Å². The molecule has 1 heterocycles. The summed E-state index contributed by atoms with van der Waals surface area (Å²) in [6.07, 6.45) is 4.99. The molecule has 1 saturated carbocycles. The van der Waals surface area contributed by atoms with Crippen LogP contribution in [0.1, 0.15) is 50.7 Å². The molecule has 1 aromatic carbocycles. The van der Waals surface area contributed by atoms with Crippen molar-refractivity contribution in [2.45, 2.75) is 52.1 Å². The zero-order valence-electron chi connectivity index (χ0n) is 13.4. The van der Waals surface area contributed by atoms with Gasteiger partial charge in [0.1, 0.15) is 12.5 Å².